The Balaban J connectivity index is 1.60. The van der Waals surface area contributed by atoms with Crippen molar-refractivity contribution in [3.63, 3.8) is 0 Å². The summed E-state index contributed by atoms with van der Waals surface area (Å²) in [6, 6.07) is 4.45. The van der Waals surface area contributed by atoms with Gasteiger partial charge in [0, 0.05) is 31.6 Å². The molecule has 1 aromatic rings. The van der Waals surface area contributed by atoms with Gasteiger partial charge in [0.25, 0.3) is 0 Å². The van der Waals surface area contributed by atoms with Crippen molar-refractivity contribution < 1.29 is 9.53 Å². The average Bonchev–Trinajstić information content (AvgIpc) is 3.11. The highest BCUT2D eigenvalue weighted by atomic mass is 16.5. The van der Waals surface area contributed by atoms with Gasteiger partial charge in [-0.3, -0.25) is 14.7 Å². The molecule has 2 fully saturated rings. The highest BCUT2D eigenvalue weighted by Crippen LogP contribution is 2.35. The molecule has 2 aliphatic rings. The second-order valence-electron chi connectivity index (χ2n) is 6.48. The Labute approximate surface area is 132 Å². The number of carbonyl (C=O) groups excluding carboxylic acids is 1. The van der Waals surface area contributed by atoms with Crippen molar-refractivity contribution in [2.45, 2.75) is 31.9 Å². The smallest absolute Gasteiger partial charge is 0.225 e. The molecular formula is C17H25N3O2. The van der Waals surface area contributed by atoms with Crippen LogP contribution in [0, 0.1) is 11.8 Å². The third-order valence-corrected chi connectivity index (χ3v) is 5.05. The molecule has 0 radical (unpaired) electrons. The van der Waals surface area contributed by atoms with Gasteiger partial charge in [0.2, 0.25) is 5.91 Å². The summed E-state index contributed by atoms with van der Waals surface area (Å²) in [5.74, 6) is 0.594. The molecule has 22 heavy (non-hydrogen) atoms. The van der Waals surface area contributed by atoms with Gasteiger partial charge >= 0.3 is 0 Å². The minimum atomic E-state index is 0.0102. The van der Waals surface area contributed by atoms with Crippen molar-refractivity contribution in [1.29, 1.82) is 0 Å². The van der Waals surface area contributed by atoms with Crippen LogP contribution in [-0.2, 0) is 9.53 Å². The molecule has 2 aliphatic heterocycles. The molecular weight excluding hydrogens is 278 g/mol. The van der Waals surface area contributed by atoms with E-state index in [0.29, 0.717) is 18.6 Å². The van der Waals surface area contributed by atoms with E-state index in [-0.39, 0.29) is 17.9 Å². The van der Waals surface area contributed by atoms with Crippen LogP contribution in [0.25, 0.3) is 0 Å². The number of rotatable bonds is 4. The zero-order valence-corrected chi connectivity index (χ0v) is 13.4. The van der Waals surface area contributed by atoms with Crippen LogP contribution >= 0.6 is 0 Å². The number of carbonyl (C=O) groups is 1. The molecule has 0 aromatic carbocycles. The van der Waals surface area contributed by atoms with Crippen molar-refractivity contribution >= 4 is 5.91 Å². The van der Waals surface area contributed by atoms with E-state index in [1.165, 1.54) is 5.56 Å². The normalized spacial score (nSPS) is 32.3. The maximum absolute atomic E-state index is 12.3. The fourth-order valence-corrected chi connectivity index (χ4v) is 3.76. The van der Waals surface area contributed by atoms with E-state index >= 15 is 0 Å². The molecule has 0 saturated carbocycles. The number of ether oxygens (including phenoxy) is 1. The fourth-order valence-electron chi connectivity index (χ4n) is 3.76. The Bertz CT molecular complexity index is 508. The quantitative estimate of drug-likeness (QED) is 0.918. The summed E-state index contributed by atoms with van der Waals surface area (Å²) in [5.41, 5.74) is 1.24. The number of pyridine rings is 1. The first kappa shape index (κ1) is 15.4. The first-order valence-electron chi connectivity index (χ1n) is 8.16. The SMILES string of the molecule is C[C@H]1OCC[C@H]1C(=O)NC[C@@H]1CCN(C)[C@H]1c1cccnc1. The number of amides is 1. The van der Waals surface area contributed by atoms with Crippen LogP contribution in [0.5, 0.6) is 0 Å². The molecule has 2 saturated heterocycles. The maximum Gasteiger partial charge on any atom is 0.225 e. The topological polar surface area (TPSA) is 54.5 Å². The summed E-state index contributed by atoms with van der Waals surface area (Å²) in [7, 11) is 2.15. The van der Waals surface area contributed by atoms with E-state index in [9.17, 15) is 4.79 Å². The number of likely N-dealkylation sites (tertiary alicyclic amines) is 1. The highest BCUT2D eigenvalue weighted by molar-refractivity contribution is 5.79. The molecule has 1 N–H and O–H groups in total. The lowest BCUT2D eigenvalue weighted by molar-refractivity contribution is -0.126. The van der Waals surface area contributed by atoms with Gasteiger partial charge in [0.05, 0.1) is 12.0 Å². The lowest BCUT2D eigenvalue weighted by atomic mass is 9.94. The molecule has 0 bridgehead atoms. The first-order chi connectivity index (χ1) is 10.7. The zero-order valence-electron chi connectivity index (χ0n) is 13.4. The average molecular weight is 303 g/mol. The summed E-state index contributed by atoms with van der Waals surface area (Å²) in [5, 5.41) is 3.15. The second kappa shape index (κ2) is 6.75. The van der Waals surface area contributed by atoms with Gasteiger partial charge in [-0.15, -0.1) is 0 Å². The maximum atomic E-state index is 12.3. The summed E-state index contributed by atoms with van der Waals surface area (Å²) in [6.07, 6.45) is 5.72. The van der Waals surface area contributed by atoms with Gasteiger partial charge in [-0.25, -0.2) is 0 Å². The van der Waals surface area contributed by atoms with E-state index in [2.05, 4.69) is 28.3 Å². The van der Waals surface area contributed by atoms with Crippen LogP contribution < -0.4 is 5.32 Å². The molecule has 5 heteroatoms. The Hall–Kier alpha value is -1.46. The monoisotopic (exact) mass is 303 g/mol. The van der Waals surface area contributed by atoms with Gasteiger partial charge in [-0.05, 0) is 50.9 Å². The highest BCUT2D eigenvalue weighted by Gasteiger charge is 2.35. The summed E-state index contributed by atoms with van der Waals surface area (Å²) >= 11 is 0. The number of nitrogens with zero attached hydrogens (tertiary/aromatic N) is 2. The minimum absolute atomic E-state index is 0.0102. The van der Waals surface area contributed by atoms with Gasteiger partial charge < -0.3 is 10.1 Å². The Morgan fingerprint density at radius 2 is 2.36 bits per heavy atom. The van der Waals surface area contributed by atoms with Crippen LogP contribution in [0.1, 0.15) is 31.4 Å². The van der Waals surface area contributed by atoms with Crippen molar-refractivity contribution in [1.82, 2.24) is 15.2 Å². The fraction of sp³-hybridized carbons (Fsp3) is 0.647. The molecule has 0 aliphatic carbocycles. The number of hydrogen-bond acceptors (Lipinski definition) is 4. The lowest BCUT2D eigenvalue weighted by Crippen LogP contribution is -2.38. The van der Waals surface area contributed by atoms with Gasteiger partial charge in [-0.2, -0.15) is 0 Å². The molecule has 120 valence electrons. The van der Waals surface area contributed by atoms with E-state index in [4.69, 9.17) is 4.74 Å². The predicted molar refractivity (Wildman–Crippen MR) is 84.2 cm³/mol. The molecule has 3 rings (SSSR count). The predicted octanol–water partition coefficient (Wildman–Crippen LogP) is 1.62. The zero-order chi connectivity index (χ0) is 15.5. The third kappa shape index (κ3) is 3.15. The summed E-state index contributed by atoms with van der Waals surface area (Å²) < 4.78 is 5.49. The van der Waals surface area contributed by atoms with E-state index < -0.39 is 0 Å². The van der Waals surface area contributed by atoms with E-state index in [0.717, 1.165) is 25.9 Å². The first-order valence-corrected chi connectivity index (χ1v) is 8.16. The molecule has 0 spiro atoms. The second-order valence-corrected chi connectivity index (χ2v) is 6.48. The number of hydrogen-bond donors (Lipinski definition) is 1. The van der Waals surface area contributed by atoms with Gasteiger partial charge in [-0.1, -0.05) is 6.07 Å². The molecule has 4 atom stereocenters. The van der Waals surface area contributed by atoms with Gasteiger partial charge in [0.15, 0.2) is 0 Å². The van der Waals surface area contributed by atoms with E-state index in [1.807, 2.05) is 19.2 Å². The van der Waals surface area contributed by atoms with Crippen LogP contribution in [-0.4, -0.2) is 48.6 Å². The van der Waals surface area contributed by atoms with Crippen LogP contribution in [0.3, 0.4) is 0 Å². The molecule has 0 unspecified atom stereocenters. The van der Waals surface area contributed by atoms with E-state index in [1.54, 1.807) is 6.20 Å². The number of nitrogens with one attached hydrogen (secondary N) is 1. The van der Waals surface area contributed by atoms with Gasteiger partial charge in [0.1, 0.15) is 0 Å². The third-order valence-electron chi connectivity index (χ3n) is 5.05. The summed E-state index contributed by atoms with van der Waals surface area (Å²) in [6.45, 7) is 4.47. The summed E-state index contributed by atoms with van der Waals surface area (Å²) in [4.78, 5) is 18.9. The van der Waals surface area contributed by atoms with Crippen LogP contribution in [0.15, 0.2) is 24.5 Å². The van der Waals surface area contributed by atoms with Crippen molar-refractivity contribution in [2.75, 3.05) is 26.7 Å². The van der Waals surface area contributed by atoms with Crippen LogP contribution in [0.2, 0.25) is 0 Å². The molecule has 5 nitrogen and oxygen atoms in total. The molecule has 3 heterocycles. The van der Waals surface area contributed by atoms with Crippen molar-refractivity contribution in [3.8, 4) is 0 Å². The minimum Gasteiger partial charge on any atom is -0.378 e. The standard InChI is InChI=1S/C17H25N3O2/c1-12-15(6-9-22-12)17(21)19-11-14-5-8-20(2)16(14)13-4-3-7-18-10-13/h3-4,7,10,12,14-16H,5-6,8-9,11H2,1-2H3,(H,19,21)/t12-,14+,15-,16+/m1/s1. The molecule has 1 aromatic heterocycles. The molecule has 1 amide bonds. The van der Waals surface area contributed by atoms with Crippen molar-refractivity contribution in [3.05, 3.63) is 30.1 Å². The van der Waals surface area contributed by atoms with Crippen LogP contribution in [0.4, 0.5) is 0 Å². The Kier molecular flexibility index (Phi) is 4.74. The Morgan fingerprint density at radius 3 is 3.05 bits per heavy atom. The van der Waals surface area contributed by atoms with Crippen molar-refractivity contribution in [2.24, 2.45) is 11.8 Å². The lowest BCUT2D eigenvalue weighted by Gasteiger charge is -2.26. The number of aromatic nitrogens is 1. The Morgan fingerprint density at radius 1 is 1.50 bits per heavy atom. The largest absolute Gasteiger partial charge is 0.378 e.